The van der Waals surface area contributed by atoms with Gasteiger partial charge in [-0.1, -0.05) is 0 Å². The van der Waals surface area contributed by atoms with Gasteiger partial charge in [-0.3, -0.25) is 4.79 Å². The molecule has 0 aliphatic carbocycles. The molecule has 7 heteroatoms. The van der Waals surface area contributed by atoms with Gasteiger partial charge in [0, 0.05) is 13.6 Å². The van der Waals surface area contributed by atoms with Gasteiger partial charge >= 0.3 is 5.97 Å². The highest BCUT2D eigenvalue weighted by molar-refractivity contribution is 7.10. The van der Waals surface area contributed by atoms with Crippen molar-refractivity contribution >= 4 is 28.4 Å². The van der Waals surface area contributed by atoms with E-state index in [1.54, 1.807) is 18.9 Å². The van der Waals surface area contributed by atoms with Gasteiger partial charge in [-0.05, 0) is 24.9 Å². The molecule has 1 aliphatic heterocycles. The summed E-state index contributed by atoms with van der Waals surface area (Å²) in [6, 6.07) is -0.335. The quantitative estimate of drug-likeness (QED) is 0.834. The molecule has 1 aromatic rings. The maximum Gasteiger partial charge on any atom is 0.340 e. The Hall–Kier alpha value is -1.63. The number of aryl methyl sites for hydroxylation is 1. The van der Waals surface area contributed by atoms with Crippen LogP contribution in [0, 0.1) is 6.92 Å². The van der Waals surface area contributed by atoms with Crippen molar-refractivity contribution in [3.8, 4) is 0 Å². The Bertz CT molecular complexity index is 471. The van der Waals surface area contributed by atoms with Crippen molar-refractivity contribution in [2.45, 2.75) is 19.4 Å². The molecule has 2 heterocycles. The third-order valence-corrected chi connectivity index (χ3v) is 3.68. The molecule has 1 fully saturated rings. The Morgan fingerprint density at radius 2 is 2.35 bits per heavy atom. The van der Waals surface area contributed by atoms with Crippen molar-refractivity contribution < 1.29 is 14.7 Å². The first-order chi connectivity index (χ1) is 8.00. The van der Waals surface area contributed by atoms with Crippen LogP contribution in [0.2, 0.25) is 0 Å². The van der Waals surface area contributed by atoms with Crippen LogP contribution in [-0.4, -0.2) is 45.9 Å². The maximum absolute atomic E-state index is 11.7. The number of hydrogen-bond acceptors (Lipinski definition) is 5. The summed E-state index contributed by atoms with van der Waals surface area (Å²) in [4.78, 5) is 24.4. The van der Waals surface area contributed by atoms with Crippen LogP contribution < -0.4 is 5.32 Å². The third-order valence-electron chi connectivity index (χ3n) is 2.81. The lowest BCUT2D eigenvalue weighted by Crippen LogP contribution is -2.31. The minimum Gasteiger partial charge on any atom is -0.478 e. The molecule has 0 radical (unpaired) electrons. The summed E-state index contributed by atoms with van der Waals surface area (Å²) >= 11 is 1.08. The molecule has 2 N–H and O–H groups in total. The number of likely N-dealkylation sites (tertiary alicyclic amines) is 1. The molecule has 0 aromatic carbocycles. The Kier molecular flexibility index (Phi) is 3.01. The monoisotopic (exact) mass is 255 g/mol. The molecule has 1 aliphatic rings. The molecular formula is C10H13N3O3S. The van der Waals surface area contributed by atoms with E-state index in [2.05, 4.69) is 9.69 Å². The number of nitrogens with zero attached hydrogens (tertiary/aromatic N) is 2. The van der Waals surface area contributed by atoms with Gasteiger partial charge < -0.3 is 15.3 Å². The second-order valence-corrected chi connectivity index (χ2v) is 4.80. The second-order valence-electron chi connectivity index (χ2n) is 4.02. The summed E-state index contributed by atoms with van der Waals surface area (Å²) in [7, 11) is 1.74. The van der Waals surface area contributed by atoms with E-state index in [1.165, 1.54) is 0 Å². The minimum atomic E-state index is -1.02. The number of carbonyl (C=O) groups excluding carboxylic acids is 1. The first kappa shape index (κ1) is 11.8. The Labute approximate surface area is 102 Å². The number of anilines is 1. The van der Waals surface area contributed by atoms with Gasteiger partial charge in [0.1, 0.15) is 16.6 Å². The fourth-order valence-electron chi connectivity index (χ4n) is 1.83. The van der Waals surface area contributed by atoms with Crippen LogP contribution in [0.3, 0.4) is 0 Å². The minimum absolute atomic E-state index is 0.00704. The van der Waals surface area contributed by atoms with Crippen LogP contribution in [0.4, 0.5) is 5.00 Å². The van der Waals surface area contributed by atoms with E-state index in [0.717, 1.165) is 11.5 Å². The van der Waals surface area contributed by atoms with Crippen molar-refractivity contribution in [1.82, 2.24) is 9.27 Å². The number of carboxylic acids is 1. The van der Waals surface area contributed by atoms with Crippen LogP contribution in [0.15, 0.2) is 0 Å². The number of aromatic nitrogens is 1. The van der Waals surface area contributed by atoms with Crippen molar-refractivity contribution in [1.29, 1.82) is 0 Å². The molecule has 2 rings (SSSR count). The van der Waals surface area contributed by atoms with Gasteiger partial charge in [-0.15, -0.1) is 0 Å². The van der Waals surface area contributed by atoms with E-state index < -0.39 is 5.97 Å². The second kappa shape index (κ2) is 4.33. The van der Waals surface area contributed by atoms with Crippen molar-refractivity contribution in [2.75, 3.05) is 18.9 Å². The standard InChI is InChI=1S/C10H13N3O3S/c1-5-7(10(15)16)8(17-12-5)11-6-3-4-13(2)9(6)14/h6,11H,3-4H2,1-2H3,(H,15,16). The molecule has 0 saturated carbocycles. The number of aromatic carboxylic acids is 1. The average molecular weight is 255 g/mol. The molecule has 17 heavy (non-hydrogen) atoms. The summed E-state index contributed by atoms with van der Waals surface area (Å²) in [6.07, 6.45) is 0.686. The van der Waals surface area contributed by atoms with Crippen LogP contribution in [-0.2, 0) is 4.79 Å². The fraction of sp³-hybridized carbons (Fsp3) is 0.500. The number of amides is 1. The third kappa shape index (κ3) is 2.10. The molecule has 1 amide bonds. The molecule has 1 aromatic heterocycles. The molecule has 1 unspecified atom stereocenters. The first-order valence-corrected chi connectivity index (χ1v) is 5.99. The summed E-state index contributed by atoms with van der Waals surface area (Å²) in [5, 5.41) is 12.5. The summed E-state index contributed by atoms with van der Waals surface area (Å²) < 4.78 is 4.00. The highest BCUT2D eigenvalue weighted by Gasteiger charge is 2.30. The lowest BCUT2D eigenvalue weighted by molar-refractivity contribution is -0.127. The van der Waals surface area contributed by atoms with Crippen molar-refractivity contribution in [3.05, 3.63) is 11.3 Å². The molecule has 6 nitrogen and oxygen atoms in total. The van der Waals surface area contributed by atoms with Gasteiger partial charge in [-0.2, -0.15) is 4.37 Å². The lowest BCUT2D eigenvalue weighted by atomic mass is 10.2. The molecule has 92 valence electrons. The van der Waals surface area contributed by atoms with Crippen LogP contribution in [0.25, 0.3) is 0 Å². The lowest BCUT2D eigenvalue weighted by Gasteiger charge is -2.12. The Balaban J connectivity index is 2.20. The highest BCUT2D eigenvalue weighted by Crippen LogP contribution is 2.26. The molecule has 0 bridgehead atoms. The van der Waals surface area contributed by atoms with Gasteiger partial charge in [-0.25, -0.2) is 4.79 Å². The van der Waals surface area contributed by atoms with Crippen molar-refractivity contribution in [2.24, 2.45) is 0 Å². The smallest absolute Gasteiger partial charge is 0.340 e. The fourth-order valence-corrected chi connectivity index (χ4v) is 2.68. The van der Waals surface area contributed by atoms with E-state index in [4.69, 9.17) is 5.11 Å². The Morgan fingerprint density at radius 1 is 1.65 bits per heavy atom. The maximum atomic E-state index is 11.7. The van der Waals surface area contributed by atoms with E-state index in [0.29, 0.717) is 23.7 Å². The van der Waals surface area contributed by atoms with Gasteiger partial charge in [0.2, 0.25) is 5.91 Å². The largest absolute Gasteiger partial charge is 0.478 e. The number of nitrogens with one attached hydrogen (secondary N) is 1. The number of likely N-dealkylation sites (N-methyl/N-ethyl adjacent to an activating group) is 1. The number of carboxylic acid groups (broad SMARTS) is 1. The zero-order valence-corrected chi connectivity index (χ0v) is 10.4. The van der Waals surface area contributed by atoms with E-state index in [-0.39, 0.29) is 17.5 Å². The molecule has 1 saturated heterocycles. The number of carbonyl (C=O) groups is 2. The highest BCUT2D eigenvalue weighted by atomic mass is 32.1. The normalized spacial score (nSPS) is 19.8. The predicted molar refractivity (Wildman–Crippen MR) is 63.5 cm³/mol. The van der Waals surface area contributed by atoms with E-state index in [9.17, 15) is 9.59 Å². The van der Waals surface area contributed by atoms with Gasteiger partial charge in [0.15, 0.2) is 0 Å². The molecule has 0 spiro atoms. The SMILES string of the molecule is Cc1nsc(NC2CCN(C)C2=O)c1C(=O)O. The molecular weight excluding hydrogens is 242 g/mol. The van der Waals surface area contributed by atoms with Crippen LogP contribution in [0.5, 0.6) is 0 Å². The summed E-state index contributed by atoms with van der Waals surface area (Å²) in [5.74, 6) is -1.02. The summed E-state index contributed by atoms with van der Waals surface area (Å²) in [5.41, 5.74) is 0.640. The van der Waals surface area contributed by atoms with Gasteiger partial charge in [0.05, 0.1) is 5.69 Å². The zero-order valence-electron chi connectivity index (χ0n) is 9.56. The zero-order chi connectivity index (χ0) is 12.6. The van der Waals surface area contributed by atoms with Crippen LogP contribution >= 0.6 is 11.5 Å². The van der Waals surface area contributed by atoms with Crippen molar-refractivity contribution in [3.63, 3.8) is 0 Å². The van der Waals surface area contributed by atoms with E-state index in [1.807, 2.05) is 0 Å². The Morgan fingerprint density at radius 3 is 2.88 bits per heavy atom. The first-order valence-electron chi connectivity index (χ1n) is 5.21. The van der Waals surface area contributed by atoms with Crippen LogP contribution in [0.1, 0.15) is 22.5 Å². The molecule has 1 atom stereocenters. The predicted octanol–water partition coefficient (Wildman–Crippen LogP) is 0.792. The van der Waals surface area contributed by atoms with E-state index >= 15 is 0 Å². The number of rotatable bonds is 3. The summed E-state index contributed by atoms with van der Waals surface area (Å²) in [6.45, 7) is 2.34. The average Bonchev–Trinajstić information content (AvgIpc) is 2.77. The number of hydrogen-bond donors (Lipinski definition) is 2. The topological polar surface area (TPSA) is 82.5 Å². The van der Waals surface area contributed by atoms with Gasteiger partial charge in [0.25, 0.3) is 0 Å².